The zero-order valence-electron chi connectivity index (χ0n) is 43.6. The van der Waals surface area contributed by atoms with E-state index < -0.39 is 6.10 Å². The maximum absolute atomic E-state index is 12.8. The predicted molar refractivity (Wildman–Crippen MR) is 288 cm³/mol. The van der Waals surface area contributed by atoms with Gasteiger partial charge in [-0.2, -0.15) is 0 Å². The molecule has 0 aliphatic carbocycles. The van der Waals surface area contributed by atoms with Crippen LogP contribution in [0.1, 0.15) is 252 Å². The van der Waals surface area contributed by atoms with Crippen LogP contribution < -0.4 is 0 Å². The maximum Gasteiger partial charge on any atom is 0.306 e. The van der Waals surface area contributed by atoms with Crippen LogP contribution in [0.5, 0.6) is 0 Å². The van der Waals surface area contributed by atoms with E-state index in [1.807, 2.05) is 6.08 Å². The Balaban J connectivity index is 4.51. The van der Waals surface area contributed by atoms with Crippen molar-refractivity contribution in [2.24, 2.45) is 0 Å². The molecule has 0 saturated carbocycles. The molecule has 0 heterocycles. The lowest BCUT2D eigenvalue weighted by Crippen LogP contribution is -2.30. The van der Waals surface area contributed by atoms with Gasteiger partial charge in [0.1, 0.15) is 13.2 Å². The molecule has 6 nitrogen and oxygen atoms in total. The van der Waals surface area contributed by atoms with Crippen molar-refractivity contribution in [1.29, 1.82) is 0 Å². The van der Waals surface area contributed by atoms with Crippen LogP contribution in [-0.2, 0) is 28.6 Å². The van der Waals surface area contributed by atoms with E-state index in [9.17, 15) is 14.4 Å². The van der Waals surface area contributed by atoms with Gasteiger partial charge in [0.15, 0.2) is 6.10 Å². The minimum absolute atomic E-state index is 0.107. The van der Waals surface area contributed by atoms with Gasteiger partial charge in [0, 0.05) is 19.3 Å². The summed E-state index contributed by atoms with van der Waals surface area (Å²) in [6, 6.07) is 0. The van der Waals surface area contributed by atoms with E-state index in [4.69, 9.17) is 14.2 Å². The zero-order chi connectivity index (χ0) is 48.6. The van der Waals surface area contributed by atoms with Crippen LogP contribution in [0.25, 0.3) is 0 Å². The number of allylic oxidation sites excluding steroid dienone is 16. The van der Waals surface area contributed by atoms with Crippen LogP contribution in [0.3, 0.4) is 0 Å². The molecule has 0 spiro atoms. The summed E-state index contributed by atoms with van der Waals surface area (Å²) >= 11 is 0. The fourth-order valence-electron chi connectivity index (χ4n) is 7.40. The van der Waals surface area contributed by atoms with Crippen molar-refractivity contribution >= 4 is 17.9 Å². The van der Waals surface area contributed by atoms with E-state index in [1.165, 1.54) is 116 Å². The second-order valence-corrected chi connectivity index (χ2v) is 18.1. The van der Waals surface area contributed by atoms with Gasteiger partial charge in [0.2, 0.25) is 0 Å². The largest absolute Gasteiger partial charge is 0.462 e. The Bertz CT molecular complexity index is 1350. The second-order valence-electron chi connectivity index (χ2n) is 18.1. The normalized spacial score (nSPS) is 12.8. The number of rotatable bonds is 49. The molecule has 0 unspecified atom stereocenters. The Kier molecular flexibility index (Phi) is 51.9. The molecule has 0 amide bonds. The summed E-state index contributed by atoms with van der Waals surface area (Å²) in [6.07, 6.45) is 72.6. The van der Waals surface area contributed by atoms with Crippen LogP contribution in [0.15, 0.2) is 97.2 Å². The van der Waals surface area contributed by atoms with E-state index in [-0.39, 0.29) is 37.5 Å². The lowest BCUT2D eigenvalue weighted by atomic mass is 10.1. The monoisotopic (exact) mass is 931 g/mol. The number of unbranched alkanes of at least 4 members (excludes halogenated alkanes) is 22. The van der Waals surface area contributed by atoms with Gasteiger partial charge in [0.05, 0.1) is 0 Å². The smallest absolute Gasteiger partial charge is 0.306 e. The Morgan fingerprint density at radius 1 is 0.313 bits per heavy atom. The first kappa shape index (κ1) is 63.3. The van der Waals surface area contributed by atoms with E-state index in [0.29, 0.717) is 19.3 Å². The highest BCUT2D eigenvalue weighted by Crippen LogP contribution is 2.14. The van der Waals surface area contributed by atoms with Crippen LogP contribution in [0.2, 0.25) is 0 Å². The lowest BCUT2D eigenvalue weighted by molar-refractivity contribution is -0.166. The molecule has 0 saturated heterocycles. The molecule has 1 atom stereocenters. The molecule has 0 aromatic carbocycles. The molecule has 0 N–H and O–H groups in total. The molecule has 0 aliphatic rings. The predicted octanol–water partition coefficient (Wildman–Crippen LogP) is 18.5. The van der Waals surface area contributed by atoms with Crippen molar-refractivity contribution in [1.82, 2.24) is 0 Å². The SMILES string of the molecule is CC/C=C\C/C=C\C/C=C\C/C=C\C/C=C\C/C=C\CCC(=O)OC[C@@H](COC(=O)CCCCCCC/C=C\CCCCCC)OC(=O)CCCCCCCCC/C=C\CCCCCCCC. The first-order valence-corrected chi connectivity index (χ1v) is 27.7. The molecular formula is C61H102O6. The van der Waals surface area contributed by atoms with Crippen molar-refractivity contribution in [3.05, 3.63) is 97.2 Å². The van der Waals surface area contributed by atoms with Crippen molar-refractivity contribution in [2.75, 3.05) is 13.2 Å². The number of ether oxygens (including phenoxy) is 3. The minimum atomic E-state index is -0.814. The van der Waals surface area contributed by atoms with E-state index >= 15 is 0 Å². The number of carbonyl (C=O) groups excluding carboxylic acids is 3. The summed E-state index contributed by atoms with van der Waals surface area (Å²) in [5.74, 6) is -1.01. The molecule has 6 heteroatoms. The van der Waals surface area contributed by atoms with Gasteiger partial charge in [0.25, 0.3) is 0 Å². The first-order chi connectivity index (χ1) is 33.0. The number of hydrogen-bond acceptors (Lipinski definition) is 6. The fourth-order valence-corrected chi connectivity index (χ4v) is 7.40. The molecule has 67 heavy (non-hydrogen) atoms. The third kappa shape index (κ3) is 53.2. The van der Waals surface area contributed by atoms with Crippen molar-refractivity contribution in [3.63, 3.8) is 0 Å². The van der Waals surface area contributed by atoms with Gasteiger partial charge in [-0.15, -0.1) is 0 Å². The van der Waals surface area contributed by atoms with E-state index in [0.717, 1.165) is 89.9 Å². The molecule has 0 aromatic rings. The quantitative estimate of drug-likeness (QED) is 0.0262. The van der Waals surface area contributed by atoms with Crippen LogP contribution in [0, 0.1) is 0 Å². The van der Waals surface area contributed by atoms with Gasteiger partial charge in [-0.1, -0.05) is 221 Å². The highest BCUT2D eigenvalue weighted by molar-refractivity contribution is 5.71. The molecular weight excluding hydrogens is 829 g/mol. The summed E-state index contributed by atoms with van der Waals surface area (Å²) in [4.78, 5) is 38.1. The van der Waals surface area contributed by atoms with Crippen molar-refractivity contribution in [2.45, 2.75) is 258 Å². The van der Waals surface area contributed by atoms with E-state index in [1.54, 1.807) is 0 Å². The highest BCUT2D eigenvalue weighted by atomic mass is 16.6. The number of carbonyl (C=O) groups is 3. The van der Waals surface area contributed by atoms with Crippen LogP contribution in [-0.4, -0.2) is 37.2 Å². The van der Waals surface area contributed by atoms with Gasteiger partial charge in [-0.25, -0.2) is 0 Å². The molecule has 0 bridgehead atoms. The zero-order valence-corrected chi connectivity index (χ0v) is 43.6. The Morgan fingerprint density at radius 2 is 0.612 bits per heavy atom. The average molecular weight is 931 g/mol. The summed E-state index contributed by atoms with van der Waals surface area (Å²) in [5, 5.41) is 0. The third-order valence-corrected chi connectivity index (χ3v) is 11.6. The molecule has 0 fully saturated rings. The maximum atomic E-state index is 12.8. The second kappa shape index (κ2) is 54.9. The topological polar surface area (TPSA) is 78.9 Å². The van der Waals surface area contributed by atoms with Gasteiger partial charge < -0.3 is 14.2 Å². The number of hydrogen-bond donors (Lipinski definition) is 0. The van der Waals surface area contributed by atoms with Gasteiger partial charge in [-0.05, 0) is 109 Å². The first-order valence-electron chi connectivity index (χ1n) is 27.7. The average Bonchev–Trinajstić information content (AvgIpc) is 3.33. The van der Waals surface area contributed by atoms with Gasteiger partial charge >= 0.3 is 17.9 Å². The minimum Gasteiger partial charge on any atom is -0.462 e. The molecule has 0 radical (unpaired) electrons. The summed E-state index contributed by atoms with van der Waals surface area (Å²) in [7, 11) is 0. The molecule has 0 aromatic heterocycles. The van der Waals surface area contributed by atoms with E-state index in [2.05, 4.69) is 112 Å². The molecule has 0 aliphatic heterocycles. The Hall–Kier alpha value is -3.67. The number of esters is 3. The van der Waals surface area contributed by atoms with Crippen molar-refractivity contribution < 1.29 is 28.6 Å². The van der Waals surface area contributed by atoms with Crippen LogP contribution in [0.4, 0.5) is 0 Å². The highest BCUT2D eigenvalue weighted by Gasteiger charge is 2.19. The molecule has 0 rings (SSSR count). The molecule has 382 valence electrons. The van der Waals surface area contributed by atoms with Gasteiger partial charge in [-0.3, -0.25) is 14.4 Å². The lowest BCUT2D eigenvalue weighted by Gasteiger charge is -2.18. The Morgan fingerprint density at radius 3 is 1.01 bits per heavy atom. The summed E-state index contributed by atoms with van der Waals surface area (Å²) in [6.45, 7) is 6.43. The van der Waals surface area contributed by atoms with Crippen LogP contribution >= 0.6 is 0 Å². The summed E-state index contributed by atoms with van der Waals surface area (Å²) < 4.78 is 16.8. The third-order valence-electron chi connectivity index (χ3n) is 11.6. The standard InChI is InChI=1S/C61H102O6/c1-4-7-10-13-16-19-22-25-27-29-30-32-33-36-39-42-45-48-51-54-60(63)66-57-58(56-65-59(62)53-50-47-44-41-38-35-24-21-18-15-12-9-6-3)67-61(64)55-52-49-46-43-40-37-34-31-28-26-23-20-17-14-11-8-5-2/h7,10,16,19,21,24-28,30,32,36,39,45,48,58H,4-6,8-9,11-15,17-18,20,22-23,29,31,33-35,37-38,40-44,46-47,49-57H2,1-3H3/b10-7-,19-16-,24-21-,27-25-,28-26-,32-30-,39-36-,48-45-/t58-/m1/s1. The van der Waals surface area contributed by atoms with Crippen molar-refractivity contribution in [3.8, 4) is 0 Å². The summed E-state index contributed by atoms with van der Waals surface area (Å²) in [5.41, 5.74) is 0. The Labute approximate surface area is 413 Å². The fraction of sp³-hybridized carbons (Fsp3) is 0.689.